The fourth-order valence-electron chi connectivity index (χ4n) is 1.55. The van der Waals surface area contributed by atoms with Gasteiger partial charge in [-0.1, -0.05) is 13.8 Å². The van der Waals surface area contributed by atoms with Crippen molar-refractivity contribution in [3.05, 3.63) is 18.2 Å². The Labute approximate surface area is 119 Å². The van der Waals surface area contributed by atoms with E-state index in [1.807, 2.05) is 11.8 Å². The van der Waals surface area contributed by atoms with Gasteiger partial charge in [-0.25, -0.2) is 0 Å². The molecule has 1 aromatic rings. The summed E-state index contributed by atoms with van der Waals surface area (Å²) in [6.45, 7) is 4.31. The van der Waals surface area contributed by atoms with Crippen molar-refractivity contribution in [1.29, 1.82) is 0 Å². The maximum absolute atomic E-state index is 11.8. The highest BCUT2D eigenvalue weighted by molar-refractivity contribution is 7.99. The van der Waals surface area contributed by atoms with Gasteiger partial charge < -0.3 is 15.8 Å². The van der Waals surface area contributed by atoms with Gasteiger partial charge in [-0.05, 0) is 29.6 Å². The molecular formula is C14H22N2O2S. The number of anilines is 2. The van der Waals surface area contributed by atoms with Crippen LogP contribution in [0.1, 0.15) is 26.7 Å². The number of thioether (sulfide) groups is 1. The van der Waals surface area contributed by atoms with Crippen molar-refractivity contribution in [1.82, 2.24) is 0 Å². The molecule has 3 N–H and O–H groups in total. The number of ether oxygens (including phenoxy) is 1. The van der Waals surface area contributed by atoms with E-state index in [-0.39, 0.29) is 5.91 Å². The maximum atomic E-state index is 11.8. The van der Waals surface area contributed by atoms with Crippen molar-refractivity contribution in [2.45, 2.75) is 31.9 Å². The lowest BCUT2D eigenvalue weighted by atomic mass is 10.2. The summed E-state index contributed by atoms with van der Waals surface area (Å²) in [6, 6.07) is 5.24. The molecule has 0 spiro atoms. The van der Waals surface area contributed by atoms with Gasteiger partial charge in [0.2, 0.25) is 5.91 Å². The van der Waals surface area contributed by atoms with Crippen LogP contribution in [0.5, 0.6) is 5.75 Å². The predicted molar refractivity (Wildman–Crippen MR) is 82.9 cm³/mol. The number of benzene rings is 1. The minimum atomic E-state index is 0.00113. The third-order valence-electron chi connectivity index (χ3n) is 2.53. The quantitative estimate of drug-likeness (QED) is 0.595. The molecule has 5 heteroatoms. The van der Waals surface area contributed by atoms with Crippen molar-refractivity contribution in [2.75, 3.05) is 23.9 Å². The van der Waals surface area contributed by atoms with Crippen molar-refractivity contribution in [2.24, 2.45) is 0 Å². The molecule has 106 valence electrons. The van der Waals surface area contributed by atoms with Gasteiger partial charge in [0, 0.05) is 12.5 Å². The summed E-state index contributed by atoms with van der Waals surface area (Å²) >= 11 is 1.87. The van der Waals surface area contributed by atoms with Gasteiger partial charge in [-0.3, -0.25) is 4.79 Å². The number of nitrogen functional groups attached to an aromatic ring is 1. The second-order valence-corrected chi connectivity index (χ2v) is 6.21. The number of hydrogen-bond donors (Lipinski definition) is 2. The van der Waals surface area contributed by atoms with E-state index in [0.717, 1.165) is 12.2 Å². The molecule has 0 atom stereocenters. The van der Waals surface area contributed by atoms with Gasteiger partial charge in [0.05, 0.1) is 18.5 Å². The van der Waals surface area contributed by atoms with Gasteiger partial charge in [0.25, 0.3) is 0 Å². The topological polar surface area (TPSA) is 64.3 Å². The minimum absolute atomic E-state index is 0.00113. The van der Waals surface area contributed by atoms with Crippen LogP contribution in [0.25, 0.3) is 0 Å². The van der Waals surface area contributed by atoms with Crippen molar-refractivity contribution in [3.63, 3.8) is 0 Å². The molecule has 0 saturated carbocycles. The Hall–Kier alpha value is -1.36. The summed E-state index contributed by atoms with van der Waals surface area (Å²) in [5, 5.41) is 3.43. The van der Waals surface area contributed by atoms with Gasteiger partial charge in [-0.15, -0.1) is 0 Å². The molecule has 0 bridgehead atoms. The number of methoxy groups -OCH3 is 1. The molecule has 0 aliphatic heterocycles. The molecule has 0 aromatic heterocycles. The summed E-state index contributed by atoms with van der Waals surface area (Å²) < 4.78 is 5.06. The first-order chi connectivity index (χ1) is 9.02. The fourth-order valence-corrected chi connectivity index (χ4v) is 2.33. The summed E-state index contributed by atoms with van der Waals surface area (Å²) in [5.41, 5.74) is 7.00. The van der Waals surface area contributed by atoms with Crippen LogP contribution in [0.15, 0.2) is 18.2 Å². The van der Waals surface area contributed by atoms with Crippen LogP contribution < -0.4 is 15.8 Å². The molecule has 4 nitrogen and oxygen atoms in total. The first kappa shape index (κ1) is 15.7. The molecule has 0 fully saturated rings. The van der Waals surface area contributed by atoms with Gasteiger partial charge in [0.15, 0.2) is 0 Å². The minimum Gasteiger partial charge on any atom is -0.497 e. The summed E-state index contributed by atoms with van der Waals surface area (Å²) in [6.07, 6.45) is 1.40. The van der Waals surface area contributed by atoms with Crippen LogP contribution in [-0.4, -0.2) is 24.0 Å². The van der Waals surface area contributed by atoms with E-state index in [4.69, 9.17) is 10.5 Å². The lowest BCUT2D eigenvalue weighted by molar-refractivity contribution is -0.116. The predicted octanol–water partition coefficient (Wildman–Crippen LogP) is 3.14. The Morgan fingerprint density at radius 3 is 2.79 bits per heavy atom. The van der Waals surface area contributed by atoms with E-state index in [1.54, 1.807) is 25.3 Å². The fraction of sp³-hybridized carbons (Fsp3) is 0.500. The van der Waals surface area contributed by atoms with Gasteiger partial charge in [-0.2, -0.15) is 11.8 Å². The lowest BCUT2D eigenvalue weighted by Crippen LogP contribution is -2.13. The van der Waals surface area contributed by atoms with Gasteiger partial charge in [0.1, 0.15) is 5.75 Å². The number of nitrogens with one attached hydrogen (secondary N) is 1. The van der Waals surface area contributed by atoms with Crippen LogP contribution in [0.2, 0.25) is 0 Å². The third kappa shape index (κ3) is 5.87. The molecule has 0 aliphatic rings. The summed E-state index contributed by atoms with van der Waals surface area (Å²) in [7, 11) is 1.58. The Morgan fingerprint density at radius 2 is 2.21 bits per heavy atom. The SMILES string of the molecule is COc1ccc(NC(=O)CCCSC(C)C)c(N)c1. The van der Waals surface area contributed by atoms with E-state index < -0.39 is 0 Å². The summed E-state index contributed by atoms with van der Waals surface area (Å²) in [4.78, 5) is 11.8. The Kier molecular flexibility index (Phi) is 6.56. The molecule has 0 radical (unpaired) electrons. The molecule has 0 saturated heterocycles. The van der Waals surface area contributed by atoms with Crippen LogP contribution >= 0.6 is 11.8 Å². The largest absolute Gasteiger partial charge is 0.497 e. The number of rotatable bonds is 7. The molecular weight excluding hydrogens is 260 g/mol. The first-order valence-corrected chi connectivity index (χ1v) is 7.42. The number of amides is 1. The average Bonchev–Trinajstić information content (AvgIpc) is 2.37. The standard InChI is InChI=1S/C14H22N2O2S/c1-10(2)19-8-4-5-14(17)16-13-7-6-11(18-3)9-12(13)15/h6-7,9-10H,4-5,8,15H2,1-3H3,(H,16,17). The van der Waals surface area contributed by atoms with Gasteiger partial charge >= 0.3 is 0 Å². The molecule has 1 rings (SSSR count). The third-order valence-corrected chi connectivity index (χ3v) is 3.72. The van der Waals surface area contributed by atoms with Crippen molar-refractivity contribution in [3.8, 4) is 5.75 Å². The lowest BCUT2D eigenvalue weighted by Gasteiger charge is -2.10. The van der Waals surface area contributed by atoms with E-state index >= 15 is 0 Å². The number of carbonyl (C=O) groups excluding carboxylic acids is 1. The van der Waals surface area contributed by atoms with Crippen molar-refractivity contribution >= 4 is 29.0 Å². The maximum Gasteiger partial charge on any atom is 0.224 e. The Balaban J connectivity index is 2.40. The average molecular weight is 282 g/mol. The van der Waals surface area contributed by atoms with Crippen molar-refractivity contribution < 1.29 is 9.53 Å². The number of nitrogens with two attached hydrogens (primary N) is 1. The zero-order chi connectivity index (χ0) is 14.3. The normalized spacial score (nSPS) is 10.5. The zero-order valence-corrected chi connectivity index (χ0v) is 12.5. The van der Waals surface area contributed by atoms with E-state index in [0.29, 0.717) is 28.8 Å². The molecule has 0 heterocycles. The second kappa shape index (κ2) is 7.94. The highest BCUT2D eigenvalue weighted by Crippen LogP contribution is 2.24. The number of carbonyl (C=O) groups is 1. The van der Waals surface area contributed by atoms with Crippen LogP contribution in [0.3, 0.4) is 0 Å². The van der Waals surface area contributed by atoms with Crippen LogP contribution in [0, 0.1) is 0 Å². The molecule has 0 aliphatic carbocycles. The number of hydrogen-bond acceptors (Lipinski definition) is 4. The first-order valence-electron chi connectivity index (χ1n) is 6.38. The summed E-state index contributed by atoms with van der Waals surface area (Å²) in [5.74, 6) is 1.69. The molecule has 19 heavy (non-hydrogen) atoms. The molecule has 0 unspecified atom stereocenters. The van der Waals surface area contributed by atoms with Crippen LogP contribution in [-0.2, 0) is 4.79 Å². The second-order valence-electron chi connectivity index (χ2n) is 4.52. The highest BCUT2D eigenvalue weighted by Gasteiger charge is 2.06. The monoisotopic (exact) mass is 282 g/mol. The molecule has 1 aromatic carbocycles. The van der Waals surface area contributed by atoms with E-state index in [1.165, 1.54) is 0 Å². The molecule has 1 amide bonds. The Bertz CT molecular complexity index is 422. The highest BCUT2D eigenvalue weighted by atomic mass is 32.2. The van der Waals surface area contributed by atoms with E-state index in [9.17, 15) is 4.79 Å². The van der Waals surface area contributed by atoms with Crippen LogP contribution in [0.4, 0.5) is 11.4 Å². The van der Waals surface area contributed by atoms with E-state index in [2.05, 4.69) is 19.2 Å². The Morgan fingerprint density at radius 1 is 1.47 bits per heavy atom. The smallest absolute Gasteiger partial charge is 0.224 e. The zero-order valence-electron chi connectivity index (χ0n) is 11.7.